The Morgan fingerprint density at radius 1 is 1.10 bits per heavy atom. The number of hydrogen-bond donors (Lipinski definition) is 0. The number of Topliss-reactive ketones (excluding diaryl/α,β-unsaturated/α-hetero) is 1. The number of carbonyl (C=O) groups excluding carboxylic acids is 2. The quantitative estimate of drug-likeness (QED) is 0.379. The summed E-state index contributed by atoms with van der Waals surface area (Å²) in [4.78, 5) is 34.3. The summed E-state index contributed by atoms with van der Waals surface area (Å²) in [5.74, 6) is 0.0211. The van der Waals surface area contributed by atoms with Crippen molar-refractivity contribution in [1.82, 2.24) is 9.97 Å². The number of ketones is 1. The molecule has 0 saturated heterocycles. The van der Waals surface area contributed by atoms with Crippen molar-refractivity contribution in [1.29, 1.82) is 0 Å². The minimum absolute atomic E-state index is 0.111. The predicted octanol–water partition coefficient (Wildman–Crippen LogP) is 5.27. The molecule has 0 aliphatic heterocycles. The lowest BCUT2D eigenvalue weighted by molar-refractivity contribution is -0.129. The fourth-order valence-electron chi connectivity index (χ4n) is 2.32. The molecule has 3 aromatic rings. The zero-order valence-electron chi connectivity index (χ0n) is 16.5. The van der Waals surface area contributed by atoms with Gasteiger partial charge in [0.25, 0.3) is 0 Å². The number of benzene rings is 1. The number of esters is 1. The lowest BCUT2D eigenvalue weighted by Gasteiger charge is -2.16. The third kappa shape index (κ3) is 5.74. The number of nitrogens with zero attached hydrogens (tertiary/aromatic N) is 2. The van der Waals surface area contributed by atoms with E-state index in [1.807, 2.05) is 35.7 Å². The van der Waals surface area contributed by atoms with E-state index in [-0.39, 0.29) is 12.4 Å². The molecule has 0 atom stereocenters. The van der Waals surface area contributed by atoms with Gasteiger partial charge >= 0.3 is 5.97 Å². The molecule has 0 amide bonds. The SMILES string of the molecule is CC(C)(C)C(=O)COC(=O)c1ccccc1SCc1csc(-c2ccccn2)n1. The van der Waals surface area contributed by atoms with Crippen LogP contribution >= 0.6 is 23.1 Å². The van der Waals surface area contributed by atoms with Crippen LogP contribution in [0.5, 0.6) is 0 Å². The second-order valence-corrected chi connectivity index (χ2v) is 9.27. The molecule has 2 heterocycles. The summed E-state index contributed by atoms with van der Waals surface area (Å²) in [5.41, 5.74) is 1.69. The zero-order valence-corrected chi connectivity index (χ0v) is 18.2. The second-order valence-electron chi connectivity index (χ2n) is 7.39. The van der Waals surface area contributed by atoms with Gasteiger partial charge in [0.1, 0.15) is 5.01 Å². The molecule has 3 rings (SSSR count). The molecule has 150 valence electrons. The zero-order chi connectivity index (χ0) is 20.9. The fourth-order valence-corrected chi connectivity index (χ4v) is 4.15. The summed E-state index contributed by atoms with van der Waals surface area (Å²) < 4.78 is 5.25. The lowest BCUT2D eigenvalue weighted by atomic mass is 9.91. The molecular formula is C22H22N2O3S2. The average Bonchev–Trinajstić information content (AvgIpc) is 3.19. The van der Waals surface area contributed by atoms with Crippen LogP contribution in [0.25, 0.3) is 10.7 Å². The fraction of sp³-hybridized carbons (Fsp3) is 0.273. The van der Waals surface area contributed by atoms with Crippen LogP contribution in [-0.2, 0) is 15.3 Å². The number of carbonyl (C=O) groups is 2. The third-order valence-electron chi connectivity index (χ3n) is 4.09. The van der Waals surface area contributed by atoms with E-state index in [1.54, 1.807) is 50.4 Å². The Balaban J connectivity index is 1.64. The smallest absolute Gasteiger partial charge is 0.339 e. The van der Waals surface area contributed by atoms with Gasteiger partial charge in [0, 0.05) is 27.6 Å². The maximum atomic E-state index is 12.5. The number of pyridine rings is 1. The number of hydrogen-bond acceptors (Lipinski definition) is 7. The number of thioether (sulfide) groups is 1. The molecule has 0 aliphatic carbocycles. The highest BCUT2D eigenvalue weighted by Gasteiger charge is 2.23. The van der Waals surface area contributed by atoms with Gasteiger partial charge in [-0.3, -0.25) is 9.78 Å². The van der Waals surface area contributed by atoms with E-state index in [9.17, 15) is 9.59 Å². The van der Waals surface area contributed by atoms with Crippen molar-refractivity contribution in [3.05, 3.63) is 65.3 Å². The summed E-state index contributed by atoms with van der Waals surface area (Å²) in [6, 6.07) is 13.0. The van der Waals surface area contributed by atoms with Crippen molar-refractivity contribution in [2.24, 2.45) is 5.41 Å². The van der Waals surface area contributed by atoms with Crippen molar-refractivity contribution in [3.63, 3.8) is 0 Å². The summed E-state index contributed by atoms with van der Waals surface area (Å²) in [6.45, 7) is 5.20. The van der Waals surface area contributed by atoms with E-state index >= 15 is 0 Å². The van der Waals surface area contributed by atoms with Crippen molar-refractivity contribution >= 4 is 34.9 Å². The van der Waals surface area contributed by atoms with E-state index in [0.717, 1.165) is 21.3 Å². The van der Waals surface area contributed by atoms with Gasteiger partial charge in [-0.1, -0.05) is 39.0 Å². The standard InChI is InChI=1S/C22H22N2O3S2/c1-22(2,3)19(25)12-27-21(26)16-8-4-5-10-18(16)28-13-15-14-29-20(24-15)17-9-6-7-11-23-17/h4-11,14H,12-13H2,1-3H3. The highest BCUT2D eigenvalue weighted by atomic mass is 32.2. The minimum atomic E-state index is -0.537. The Morgan fingerprint density at radius 3 is 2.59 bits per heavy atom. The molecule has 7 heteroatoms. The first kappa shape index (κ1) is 21.2. The molecule has 0 bridgehead atoms. The first-order valence-corrected chi connectivity index (χ1v) is 11.0. The topological polar surface area (TPSA) is 69.2 Å². The van der Waals surface area contributed by atoms with Crippen molar-refractivity contribution in [2.75, 3.05) is 6.61 Å². The van der Waals surface area contributed by atoms with Gasteiger partial charge in [0.2, 0.25) is 0 Å². The van der Waals surface area contributed by atoms with Crippen LogP contribution in [0.3, 0.4) is 0 Å². The van der Waals surface area contributed by atoms with Crippen LogP contribution in [0.1, 0.15) is 36.8 Å². The van der Waals surface area contributed by atoms with E-state index in [4.69, 9.17) is 4.74 Å². The summed E-state index contributed by atoms with van der Waals surface area (Å²) in [6.07, 6.45) is 1.75. The average molecular weight is 427 g/mol. The molecular weight excluding hydrogens is 404 g/mol. The minimum Gasteiger partial charge on any atom is -0.454 e. The van der Waals surface area contributed by atoms with Crippen LogP contribution < -0.4 is 0 Å². The van der Waals surface area contributed by atoms with Crippen molar-refractivity contribution < 1.29 is 14.3 Å². The Morgan fingerprint density at radius 2 is 1.86 bits per heavy atom. The second kappa shape index (κ2) is 9.33. The molecule has 0 aliphatic rings. The Labute approximate surface area is 178 Å². The molecule has 0 fully saturated rings. The maximum absolute atomic E-state index is 12.5. The Bertz CT molecular complexity index is 995. The number of rotatable bonds is 7. The van der Waals surface area contributed by atoms with Gasteiger partial charge in [-0.15, -0.1) is 23.1 Å². The van der Waals surface area contributed by atoms with Gasteiger partial charge in [0.05, 0.1) is 17.0 Å². The molecule has 1 aromatic carbocycles. The molecule has 2 aromatic heterocycles. The molecule has 0 spiro atoms. The van der Waals surface area contributed by atoms with Crippen molar-refractivity contribution in [3.8, 4) is 10.7 Å². The van der Waals surface area contributed by atoms with Crippen LogP contribution in [0.4, 0.5) is 0 Å². The number of ether oxygens (including phenoxy) is 1. The lowest BCUT2D eigenvalue weighted by Crippen LogP contribution is -2.26. The molecule has 5 nitrogen and oxygen atoms in total. The molecule has 0 radical (unpaired) electrons. The highest BCUT2D eigenvalue weighted by Crippen LogP contribution is 2.29. The highest BCUT2D eigenvalue weighted by molar-refractivity contribution is 7.98. The predicted molar refractivity (Wildman–Crippen MR) is 116 cm³/mol. The van der Waals surface area contributed by atoms with E-state index in [2.05, 4.69) is 9.97 Å². The monoisotopic (exact) mass is 426 g/mol. The van der Waals surface area contributed by atoms with Crippen LogP contribution in [0, 0.1) is 5.41 Å². The van der Waals surface area contributed by atoms with E-state index < -0.39 is 11.4 Å². The maximum Gasteiger partial charge on any atom is 0.339 e. The molecule has 0 saturated carbocycles. The summed E-state index contributed by atoms with van der Waals surface area (Å²) in [7, 11) is 0. The van der Waals surface area contributed by atoms with Gasteiger partial charge in [-0.25, -0.2) is 9.78 Å². The normalized spacial score (nSPS) is 11.3. The Kier molecular flexibility index (Phi) is 6.82. The number of aromatic nitrogens is 2. The summed E-state index contributed by atoms with van der Waals surface area (Å²) in [5, 5.41) is 2.87. The van der Waals surface area contributed by atoms with Crippen LogP contribution in [0.2, 0.25) is 0 Å². The van der Waals surface area contributed by atoms with E-state index in [1.165, 1.54) is 11.8 Å². The first-order valence-electron chi connectivity index (χ1n) is 9.12. The molecule has 29 heavy (non-hydrogen) atoms. The van der Waals surface area contributed by atoms with Crippen molar-refractivity contribution in [2.45, 2.75) is 31.4 Å². The third-order valence-corrected chi connectivity index (χ3v) is 6.11. The van der Waals surface area contributed by atoms with Gasteiger partial charge in [-0.2, -0.15) is 0 Å². The van der Waals surface area contributed by atoms with Gasteiger partial charge in [-0.05, 0) is 24.3 Å². The van der Waals surface area contributed by atoms with Gasteiger partial charge in [0.15, 0.2) is 12.4 Å². The van der Waals surface area contributed by atoms with Gasteiger partial charge < -0.3 is 4.74 Å². The van der Waals surface area contributed by atoms with Crippen LogP contribution in [-0.4, -0.2) is 28.3 Å². The number of thiazole rings is 1. The molecule has 0 N–H and O–H groups in total. The summed E-state index contributed by atoms with van der Waals surface area (Å²) >= 11 is 3.06. The van der Waals surface area contributed by atoms with E-state index in [0.29, 0.717) is 11.3 Å². The van der Waals surface area contributed by atoms with Crippen LogP contribution in [0.15, 0.2) is 58.9 Å². The molecule has 0 unspecified atom stereocenters. The largest absolute Gasteiger partial charge is 0.454 e. The first-order chi connectivity index (χ1) is 13.8. The Hall–Kier alpha value is -2.51.